The summed E-state index contributed by atoms with van der Waals surface area (Å²) >= 11 is 0. The molecule has 6 heteroatoms. The molecule has 2 saturated heterocycles. The van der Waals surface area contributed by atoms with Crippen LogP contribution in [0.4, 0.5) is 0 Å². The first-order chi connectivity index (χ1) is 17.6. The van der Waals surface area contributed by atoms with Crippen molar-refractivity contribution < 1.29 is 42.9 Å². The Morgan fingerprint density at radius 3 is 0.842 bits per heavy atom. The van der Waals surface area contributed by atoms with Gasteiger partial charge in [-0.2, -0.15) is 0 Å². The number of likely N-dealkylation sites (N-methyl/N-ethyl adjacent to an activating group) is 4. The van der Waals surface area contributed by atoms with E-state index in [0.29, 0.717) is 0 Å². The van der Waals surface area contributed by atoms with Gasteiger partial charge < -0.3 is 42.9 Å². The molecule has 2 heterocycles. The molecule has 0 aliphatic carbocycles. The van der Waals surface area contributed by atoms with Crippen LogP contribution in [0.15, 0.2) is 0 Å². The van der Waals surface area contributed by atoms with E-state index < -0.39 is 0 Å². The Kier molecular flexibility index (Phi) is 23.9. The molecule has 0 aromatic carbocycles. The van der Waals surface area contributed by atoms with E-state index >= 15 is 0 Å². The molecule has 0 atom stereocenters. The molecule has 0 aromatic heterocycles. The summed E-state index contributed by atoms with van der Waals surface area (Å²) in [5, 5.41) is 0. The van der Waals surface area contributed by atoms with Gasteiger partial charge in [0.25, 0.3) is 0 Å². The summed E-state index contributed by atoms with van der Waals surface area (Å²) < 4.78 is 2.79. The van der Waals surface area contributed by atoms with E-state index in [1.54, 1.807) is 0 Å². The van der Waals surface area contributed by atoms with E-state index in [2.05, 4.69) is 37.5 Å². The number of piperazine rings is 2. The monoisotopic (exact) mass is 666 g/mol. The standard InChI is InChI=1S/C32H68N4.2BrH/c1-5-33-23-29-35(7-3,30-24-33)27-21-19-17-15-13-11-9-10-12-14-16-18-20-22-28-36(8-4)31-25-34(6-2)26-32-36;;/h5-32H2,1-4H3;2*1H/q+2;;/p-2. The summed E-state index contributed by atoms with van der Waals surface area (Å²) in [6.45, 7) is 28.3. The predicted molar refractivity (Wildman–Crippen MR) is 160 cm³/mol. The molecule has 0 spiro atoms. The molecule has 2 rings (SSSR count). The first kappa shape index (κ1) is 38.8. The van der Waals surface area contributed by atoms with Crippen LogP contribution in [0.2, 0.25) is 0 Å². The van der Waals surface area contributed by atoms with Crippen molar-refractivity contribution in [3.8, 4) is 0 Å². The minimum absolute atomic E-state index is 0. The molecule has 230 valence electrons. The number of hydrogen-bond acceptors (Lipinski definition) is 2. The van der Waals surface area contributed by atoms with Gasteiger partial charge in [0, 0.05) is 26.2 Å². The van der Waals surface area contributed by atoms with E-state index in [1.165, 1.54) is 190 Å². The zero-order valence-corrected chi connectivity index (χ0v) is 29.5. The Balaban J connectivity index is 0.00000684. The van der Waals surface area contributed by atoms with Gasteiger partial charge in [-0.15, -0.1) is 0 Å². The van der Waals surface area contributed by atoms with E-state index in [1.807, 2.05) is 0 Å². The van der Waals surface area contributed by atoms with E-state index in [4.69, 9.17) is 0 Å². The number of hydrogen-bond donors (Lipinski definition) is 0. The maximum Gasteiger partial charge on any atom is 0.0916 e. The number of quaternary nitrogens is 2. The van der Waals surface area contributed by atoms with Gasteiger partial charge in [0.2, 0.25) is 0 Å². The van der Waals surface area contributed by atoms with Crippen LogP contribution in [0.1, 0.15) is 118 Å². The molecule has 0 N–H and O–H groups in total. The Morgan fingerprint density at radius 2 is 0.632 bits per heavy atom. The molecule has 0 saturated carbocycles. The number of halogens is 2. The van der Waals surface area contributed by atoms with Crippen LogP contribution >= 0.6 is 0 Å². The Hall–Kier alpha value is 0.800. The van der Waals surface area contributed by atoms with E-state index in [9.17, 15) is 0 Å². The second-order valence-electron chi connectivity index (χ2n) is 12.5. The van der Waals surface area contributed by atoms with Crippen LogP contribution in [0.5, 0.6) is 0 Å². The lowest BCUT2D eigenvalue weighted by Crippen LogP contribution is -3.00. The normalized spacial score (nSPS) is 19.6. The molecule has 0 aromatic rings. The lowest BCUT2D eigenvalue weighted by Gasteiger charge is -2.44. The topological polar surface area (TPSA) is 6.48 Å². The van der Waals surface area contributed by atoms with Crippen molar-refractivity contribution in [1.29, 1.82) is 0 Å². The zero-order valence-electron chi connectivity index (χ0n) is 26.3. The van der Waals surface area contributed by atoms with Crippen molar-refractivity contribution in [3.05, 3.63) is 0 Å². The summed E-state index contributed by atoms with van der Waals surface area (Å²) in [5.74, 6) is 0. The molecule has 2 aliphatic rings. The number of unbranched alkanes of at least 4 members (excludes halogenated alkanes) is 13. The first-order valence-electron chi connectivity index (χ1n) is 16.8. The fourth-order valence-corrected chi connectivity index (χ4v) is 6.91. The van der Waals surface area contributed by atoms with Crippen LogP contribution in [0, 0.1) is 0 Å². The molecule has 0 amide bonds. The van der Waals surface area contributed by atoms with Crippen molar-refractivity contribution in [2.75, 3.05) is 91.6 Å². The highest BCUT2D eigenvalue weighted by Crippen LogP contribution is 2.18. The number of rotatable bonds is 21. The predicted octanol–water partition coefficient (Wildman–Crippen LogP) is 0.800. The van der Waals surface area contributed by atoms with Crippen LogP contribution in [-0.4, -0.2) is 110 Å². The van der Waals surface area contributed by atoms with Crippen LogP contribution in [0.25, 0.3) is 0 Å². The molecular formula is C32H68Br2N4. The molecule has 0 radical (unpaired) electrons. The first-order valence-corrected chi connectivity index (χ1v) is 16.8. The summed E-state index contributed by atoms with van der Waals surface area (Å²) in [4.78, 5) is 5.26. The molecular weight excluding hydrogens is 600 g/mol. The van der Waals surface area contributed by atoms with Gasteiger partial charge in [0.15, 0.2) is 0 Å². The fraction of sp³-hybridized carbons (Fsp3) is 1.00. The highest BCUT2D eigenvalue weighted by atomic mass is 79.9. The van der Waals surface area contributed by atoms with Gasteiger partial charge in [-0.25, -0.2) is 0 Å². The SMILES string of the molecule is CCN1CC[N+](CC)(CCCCCCCCCCCCCCCC[N+]2(CC)CCN(CC)CC2)CC1.[Br-].[Br-]. The maximum atomic E-state index is 2.63. The molecule has 0 bridgehead atoms. The smallest absolute Gasteiger partial charge is 0.0916 e. The average Bonchev–Trinajstić information content (AvgIpc) is 2.93. The van der Waals surface area contributed by atoms with Crippen molar-refractivity contribution in [2.24, 2.45) is 0 Å². The van der Waals surface area contributed by atoms with Crippen LogP contribution in [0.3, 0.4) is 0 Å². The highest BCUT2D eigenvalue weighted by molar-refractivity contribution is 4.64. The van der Waals surface area contributed by atoms with Gasteiger partial charge in [-0.1, -0.05) is 78.1 Å². The minimum atomic E-state index is 0. The highest BCUT2D eigenvalue weighted by Gasteiger charge is 2.31. The van der Waals surface area contributed by atoms with Gasteiger partial charge in [-0.05, 0) is 52.6 Å². The van der Waals surface area contributed by atoms with E-state index in [0.717, 1.165) is 0 Å². The zero-order chi connectivity index (χ0) is 26.0. The third-order valence-electron chi connectivity index (χ3n) is 10.3. The van der Waals surface area contributed by atoms with Gasteiger partial charge in [-0.3, -0.25) is 9.80 Å². The molecule has 38 heavy (non-hydrogen) atoms. The fourth-order valence-electron chi connectivity index (χ4n) is 6.91. The summed E-state index contributed by atoms with van der Waals surface area (Å²) in [7, 11) is 0. The van der Waals surface area contributed by atoms with E-state index in [-0.39, 0.29) is 34.0 Å². The number of nitrogens with zero attached hydrogens (tertiary/aromatic N) is 4. The van der Waals surface area contributed by atoms with Crippen molar-refractivity contribution in [1.82, 2.24) is 9.80 Å². The summed E-state index contributed by atoms with van der Waals surface area (Å²) in [6, 6.07) is 0. The lowest BCUT2D eigenvalue weighted by atomic mass is 10.0. The average molecular weight is 669 g/mol. The summed E-state index contributed by atoms with van der Waals surface area (Å²) in [6.07, 6.45) is 20.6. The maximum absolute atomic E-state index is 2.63. The third-order valence-corrected chi connectivity index (χ3v) is 10.3. The van der Waals surface area contributed by atoms with Crippen LogP contribution in [-0.2, 0) is 0 Å². The summed E-state index contributed by atoms with van der Waals surface area (Å²) in [5.41, 5.74) is 0. The second-order valence-corrected chi connectivity index (χ2v) is 12.5. The van der Waals surface area contributed by atoms with Gasteiger partial charge in [0.1, 0.15) is 0 Å². The molecule has 2 fully saturated rings. The van der Waals surface area contributed by atoms with Crippen LogP contribution < -0.4 is 34.0 Å². The minimum Gasteiger partial charge on any atom is -1.00 e. The molecule has 0 unspecified atom stereocenters. The Labute approximate surface area is 261 Å². The lowest BCUT2D eigenvalue weighted by molar-refractivity contribution is -0.930. The third kappa shape index (κ3) is 15.1. The Bertz CT molecular complexity index is 472. The van der Waals surface area contributed by atoms with Gasteiger partial charge in [0.05, 0.1) is 52.4 Å². The van der Waals surface area contributed by atoms with Gasteiger partial charge >= 0.3 is 0 Å². The largest absolute Gasteiger partial charge is 1.00 e. The van der Waals surface area contributed by atoms with Crippen molar-refractivity contribution >= 4 is 0 Å². The Morgan fingerprint density at radius 1 is 0.395 bits per heavy atom. The van der Waals surface area contributed by atoms with Crippen molar-refractivity contribution in [2.45, 2.75) is 118 Å². The van der Waals surface area contributed by atoms with Crippen molar-refractivity contribution in [3.63, 3.8) is 0 Å². The molecule has 4 nitrogen and oxygen atoms in total. The second kappa shape index (κ2) is 23.4. The molecule has 2 aliphatic heterocycles. The quantitative estimate of drug-likeness (QED) is 0.132.